The minimum atomic E-state index is -0.148. The summed E-state index contributed by atoms with van der Waals surface area (Å²) >= 11 is 1.29. The summed E-state index contributed by atoms with van der Waals surface area (Å²) in [6.45, 7) is 2.90. The Morgan fingerprint density at radius 2 is 2.21 bits per heavy atom. The third-order valence-corrected chi connectivity index (χ3v) is 5.69. The summed E-state index contributed by atoms with van der Waals surface area (Å²) in [6, 6.07) is 2.04. The Morgan fingerprint density at radius 1 is 1.42 bits per heavy atom. The van der Waals surface area contributed by atoms with Crippen molar-refractivity contribution in [1.29, 1.82) is 5.26 Å². The SMILES string of the molecule is Cc1c(C(=O)N(C)CCC#N)sc2nc3n(c(=O)c12)CCCCC3. The van der Waals surface area contributed by atoms with Crippen LogP contribution < -0.4 is 5.56 Å². The molecule has 0 aliphatic carbocycles. The molecule has 1 aliphatic rings. The Hall–Kier alpha value is -2.20. The number of nitrogens with zero attached hydrogens (tertiary/aromatic N) is 4. The topological polar surface area (TPSA) is 79.0 Å². The van der Waals surface area contributed by atoms with Crippen molar-refractivity contribution in [3.05, 3.63) is 26.6 Å². The van der Waals surface area contributed by atoms with Gasteiger partial charge in [-0.3, -0.25) is 14.2 Å². The van der Waals surface area contributed by atoms with E-state index in [1.54, 1.807) is 11.6 Å². The standard InChI is InChI=1S/C17H20N4O2S/c1-11-13-15(24-14(11)17(23)20(2)9-6-8-18)19-12-7-4-3-5-10-21(12)16(13)22/h3-7,9-10H2,1-2H3. The van der Waals surface area contributed by atoms with Crippen LogP contribution in [0.2, 0.25) is 0 Å². The molecular weight excluding hydrogens is 324 g/mol. The smallest absolute Gasteiger partial charge is 0.264 e. The first-order valence-electron chi connectivity index (χ1n) is 8.19. The third kappa shape index (κ3) is 2.82. The summed E-state index contributed by atoms with van der Waals surface area (Å²) < 4.78 is 1.78. The zero-order valence-electron chi connectivity index (χ0n) is 14.0. The number of carbonyl (C=O) groups excluding carboxylic acids is 1. The third-order valence-electron chi connectivity index (χ3n) is 4.51. The van der Waals surface area contributed by atoms with Gasteiger partial charge in [0.1, 0.15) is 10.7 Å². The van der Waals surface area contributed by atoms with E-state index in [4.69, 9.17) is 5.26 Å². The number of carbonyl (C=O) groups is 1. The fourth-order valence-electron chi connectivity index (χ4n) is 3.11. The molecule has 1 aliphatic heterocycles. The Morgan fingerprint density at radius 3 is 2.96 bits per heavy atom. The molecule has 1 amide bonds. The van der Waals surface area contributed by atoms with Crippen molar-refractivity contribution in [2.45, 2.75) is 45.6 Å². The van der Waals surface area contributed by atoms with Crippen molar-refractivity contribution in [3.8, 4) is 6.07 Å². The summed E-state index contributed by atoms with van der Waals surface area (Å²) in [5.41, 5.74) is 0.685. The second kappa shape index (κ2) is 6.73. The molecule has 0 aromatic carbocycles. The number of aryl methyl sites for hydroxylation is 2. The molecule has 2 aromatic rings. The van der Waals surface area contributed by atoms with Crippen LogP contribution in [0.3, 0.4) is 0 Å². The molecule has 2 aromatic heterocycles. The van der Waals surface area contributed by atoms with Crippen LogP contribution in [-0.4, -0.2) is 34.0 Å². The number of hydrogen-bond acceptors (Lipinski definition) is 5. The first-order valence-corrected chi connectivity index (χ1v) is 9.01. The molecule has 24 heavy (non-hydrogen) atoms. The normalized spacial score (nSPS) is 14.0. The number of thiophene rings is 1. The molecule has 0 bridgehead atoms. The molecule has 0 spiro atoms. The van der Waals surface area contributed by atoms with Crippen molar-refractivity contribution in [1.82, 2.24) is 14.5 Å². The van der Waals surface area contributed by atoms with Crippen molar-refractivity contribution < 1.29 is 4.79 Å². The van der Waals surface area contributed by atoms with E-state index in [0.29, 0.717) is 40.2 Å². The maximum Gasteiger partial charge on any atom is 0.264 e. The van der Waals surface area contributed by atoms with Crippen LogP contribution >= 0.6 is 11.3 Å². The number of hydrogen-bond donors (Lipinski definition) is 0. The van der Waals surface area contributed by atoms with Gasteiger partial charge >= 0.3 is 0 Å². The van der Waals surface area contributed by atoms with Gasteiger partial charge in [0.05, 0.1) is 22.8 Å². The molecule has 0 fully saturated rings. The summed E-state index contributed by atoms with van der Waals surface area (Å²) in [4.78, 5) is 32.9. The molecule has 3 heterocycles. The lowest BCUT2D eigenvalue weighted by Crippen LogP contribution is -2.27. The quantitative estimate of drug-likeness (QED) is 0.857. The van der Waals surface area contributed by atoms with Gasteiger partial charge in [0.2, 0.25) is 0 Å². The van der Waals surface area contributed by atoms with E-state index in [1.165, 1.54) is 16.2 Å². The van der Waals surface area contributed by atoms with E-state index in [1.807, 2.05) is 13.0 Å². The second-order valence-electron chi connectivity index (χ2n) is 6.17. The summed E-state index contributed by atoms with van der Waals surface area (Å²) in [6.07, 6.45) is 4.26. The van der Waals surface area contributed by atoms with Crippen LogP contribution in [0.4, 0.5) is 0 Å². The lowest BCUT2D eigenvalue weighted by molar-refractivity contribution is 0.0802. The van der Waals surface area contributed by atoms with E-state index in [0.717, 1.165) is 31.5 Å². The minimum absolute atomic E-state index is 0.0237. The van der Waals surface area contributed by atoms with Gasteiger partial charge in [-0.2, -0.15) is 5.26 Å². The van der Waals surface area contributed by atoms with Crippen molar-refractivity contribution >= 4 is 27.5 Å². The monoisotopic (exact) mass is 344 g/mol. The van der Waals surface area contributed by atoms with Crippen molar-refractivity contribution in [2.24, 2.45) is 0 Å². The zero-order chi connectivity index (χ0) is 17.3. The Labute approximate surface area is 144 Å². The zero-order valence-corrected chi connectivity index (χ0v) is 14.8. The van der Waals surface area contributed by atoms with E-state index < -0.39 is 0 Å². The Bertz CT molecular complexity index is 891. The lowest BCUT2D eigenvalue weighted by Gasteiger charge is -2.14. The molecule has 0 unspecified atom stereocenters. The van der Waals surface area contributed by atoms with Crippen molar-refractivity contribution in [2.75, 3.05) is 13.6 Å². The molecule has 6 nitrogen and oxygen atoms in total. The van der Waals surface area contributed by atoms with Crippen LogP contribution in [0.15, 0.2) is 4.79 Å². The molecule has 0 saturated heterocycles. The van der Waals surface area contributed by atoms with Gasteiger partial charge in [-0.15, -0.1) is 11.3 Å². The average molecular weight is 344 g/mol. The highest BCUT2D eigenvalue weighted by Crippen LogP contribution is 2.29. The summed E-state index contributed by atoms with van der Waals surface area (Å²) in [7, 11) is 1.68. The van der Waals surface area contributed by atoms with Gasteiger partial charge in [-0.05, 0) is 25.3 Å². The minimum Gasteiger partial charge on any atom is -0.340 e. The molecule has 3 rings (SSSR count). The number of aromatic nitrogens is 2. The van der Waals surface area contributed by atoms with E-state index >= 15 is 0 Å². The second-order valence-corrected chi connectivity index (χ2v) is 7.17. The van der Waals surface area contributed by atoms with Crippen LogP contribution in [0.5, 0.6) is 0 Å². The van der Waals surface area contributed by atoms with Crippen molar-refractivity contribution in [3.63, 3.8) is 0 Å². The predicted molar refractivity (Wildman–Crippen MR) is 93.4 cm³/mol. The average Bonchev–Trinajstić information content (AvgIpc) is 2.74. The molecule has 7 heteroatoms. The highest BCUT2D eigenvalue weighted by Gasteiger charge is 2.23. The highest BCUT2D eigenvalue weighted by atomic mass is 32.1. The van der Waals surface area contributed by atoms with Gasteiger partial charge in [0.25, 0.3) is 11.5 Å². The molecule has 0 radical (unpaired) electrons. The first-order chi connectivity index (χ1) is 11.5. The van der Waals surface area contributed by atoms with Crippen LogP contribution in [0.25, 0.3) is 10.2 Å². The highest BCUT2D eigenvalue weighted by molar-refractivity contribution is 7.20. The largest absolute Gasteiger partial charge is 0.340 e. The Balaban J connectivity index is 2.08. The molecule has 0 saturated carbocycles. The van der Waals surface area contributed by atoms with Gasteiger partial charge in [-0.1, -0.05) is 6.42 Å². The van der Waals surface area contributed by atoms with Gasteiger partial charge in [-0.25, -0.2) is 4.98 Å². The molecule has 0 N–H and O–H groups in total. The van der Waals surface area contributed by atoms with E-state index in [9.17, 15) is 9.59 Å². The number of fused-ring (bicyclic) bond motifs is 2. The first kappa shape index (κ1) is 16.7. The maximum atomic E-state index is 12.9. The van der Waals surface area contributed by atoms with E-state index in [2.05, 4.69) is 4.98 Å². The number of nitriles is 1. The Kier molecular flexibility index (Phi) is 4.67. The van der Waals surface area contributed by atoms with Gasteiger partial charge < -0.3 is 4.90 Å². The molecule has 0 atom stereocenters. The predicted octanol–water partition coefficient (Wildman–Crippen LogP) is 2.48. The molecule has 126 valence electrons. The van der Waals surface area contributed by atoms with Crippen LogP contribution in [0.1, 0.15) is 46.7 Å². The van der Waals surface area contributed by atoms with Gasteiger partial charge in [0, 0.05) is 26.6 Å². The summed E-state index contributed by atoms with van der Waals surface area (Å²) in [5, 5.41) is 9.25. The summed E-state index contributed by atoms with van der Waals surface area (Å²) in [5.74, 6) is 0.688. The van der Waals surface area contributed by atoms with Gasteiger partial charge in [0.15, 0.2) is 0 Å². The number of amides is 1. The maximum absolute atomic E-state index is 12.9. The fourth-order valence-corrected chi connectivity index (χ4v) is 4.29. The van der Waals surface area contributed by atoms with Crippen LogP contribution in [0, 0.1) is 18.3 Å². The van der Waals surface area contributed by atoms with Crippen LogP contribution in [-0.2, 0) is 13.0 Å². The molecular formula is C17H20N4O2S. The number of rotatable bonds is 3. The van der Waals surface area contributed by atoms with E-state index in [-0.39, 0.29) is 11.5 Å². The fraction of sp³-hybridized carbons (Fsp3) is 0.529. The lowest BCUT2D eigenvalue weighted by atomic mass is 10.2.